The van der Waals surface area contributed by atoms with E-state index in [2.05, 4.69) is 42.4 Å². The highest BCUT2D eigenvalue weighted by Crippen LogP contribution is 2.38. The first-order valence-corrected chi connectivity index (χ1v) is 8.41. The zero-order chi connectivity index (χ0) is 13.8. The predicted octanol–water partition coefficient (Wildman–Crippen LogP) is 4.54. The van der Waals surface area contributed by atoms with Crippen molar-refractivity contribution in [3.63, 3.8) is 0 Å². The van der Waals surface area contributed by atoms with Crippen molar-refractivity contribution in [3.05, 3.63) is 5.82 Å². The lowest BCUT2D eigenvalue weighted by Gasteiger charge is -2.29. The third kappa shape index (κ3) is 4.16. The maximum atomic E-state index is 4.67. The van der Waals surface area contributed by atoms with Gasteiger partial charge in [0.1, 0.15) is 5.82 Å². The molecule has 0 amide bonds. The highest BCUT2D eigenvalue weighted by Gasteiger charge is 2.26. The molecule has 0 spiro atoms. The Kier molecular flexibility index (Phi) is 5.20. The average Bonchev–Trinajstić information content (AvgIpc) is 2.85. The summed E-state index contributed by atoms with van der Waals surface area (Å²) in [6.45, 7) is 10.1. The van der Waals surface area contributed by atoms with Gasteiger partial charge in [0.15, 0.2) is 0 Å². The van der Waals surface area contributed by atoms with Crippen LogP contribution in [0.25, 0.3) is 0 Å². The van der Waals surface area contributed by atoms with E-state index in [0.717, 1.165) is 29.3 Å². The van der Waals surface area contributed by atoms with Crippen molar-refractivity contribution >= 4 is 16.7 Å². The smallest absolute Gasteiger partial charge is 0.202 e. The van der Waals surface area contributed by atoms with E-state index in [4.69, 9.17) is 0 Å². The Morgan fingerprint density at radius 2 is 1.84 bits per heavy atom. The SMILES string of the molecule is CC(C)CNc1nc(C2CCC(C(C)C)CC2)ns1. The van der Waals surface area contributed by atoms with Crippen molar-refractivity contribution in [2.24, 2.45) is 17.8 Å². The molecule has 1 heterocycles. The van der Waals surface area contributed by atoms with Crippen molar-refractivity contribution in [1.82, 2.24) is 9.36 Å². The molecule has 0 saturated heterocycles. The molecule has 1 N–H and O–H groups in total. The van der Waals surface area contributed by atoms with Crippen molar-refractivity contribution in [3.8, 4) is 0 Å². The fraction of sp³-hybridized carbons (Fsp3) is 0.867. The number of hydrogen-bond donors (Lipinski definition) is 1. The summed E-state index contributed by atoms with van der Waals surface area (Å²) in [6, 6.07) is 0. The Bertz CT molecular complexity index is 378. The molecular formula is C15H27N3S. The fourth-order valence-electron chi connectivity index (χ4n) is 2.81. The van der Waals surface area contributed by atoms with Gasteiger partial charge in [-0.25, -0.2) is 4.98 Å². The van der Waals surface area contributed by atoms with Crippen LogP contribution in [0.3, 0.4) is 0 Å². The highest BCUT2D eigenvalue weighted by atomic mass is 32.1. The highest BCUT2D eigenvalue weighted by molar-refractivity contribution is 7.09. The maximum absolute atomic E-state index is 4.67. The lowest BCUT2D eigenvalue weighted by atomic mass is 9.77. The quantitative estimate of drug-likeness (QED) is 0.861. The van der Waals surface area contributed by atoms with Gasteiger partial charge in [0.25, 0.3) is 0 Å². The van der Waals surface area contributed by atoms with Crippen LogP contribution in [0.2, 0.25) is 0 Å². The van der Waals surface area contributed by atoms with E-state index in [-0.39, 0.29) is 0 Å². The maximum Gasteiger partial charge on any atom is 0.202 e. The largest absolute Gasteiger partial charge is 0.360 e. The minimum absolute atomic E-state index is 0.598. The molecule has 3 nitrogen and oxygen atoms in total. The number of aromatic nitrogens is 2. The molecule has 0 bridgehead atoms. The fourth-order valence-corrected chi connectivity index (χ4v) is 3.46. The minimum atomic E-state index is 0.598. The van der Waals surface area contributed by atoms with Crippen molar-refractivity contribution in [2.75, 3.05) is 11.9 Å². The first-order valence-electron chi connectivity index (χ1n) is 7.63. The summed E-state index contributed by atoms with van der Waals surface area (Å²) in [4.78, 5) is 4.67. The van der Waals surface area contributed by atoms with Crippen LogP contribution in [0, 0.1) is 17.8 Å². The second kappa shape index (κ2) is 6.69. The molecule has 2 rings (SSSR count). The Labute approximate surface area is 121 Å². The summed E-state index contributed by atoms with van der Waals surface area (Å²) < 4.78 is 4.56. The summed E-state index contributed by atoms with van der Waals surface area (Å²) >= 11 is 1.52. The van der Waals surface area contributed by atoms with Crippen LogP contribution in [0.15, 0.2) is 0 Å². The molecule has 0 radical (unpaired) electrons. The normalized spacial score (nSPS) is 24.1. The van der Waals surface area contributed by atoms with Gasteiger partial charge in [-0.3, -0.25) is 0 Å². The van der Waals surface area contributed by atoms with Gasteiger partial charge in [-0.15, -0.1) is 0 Å². The zero-order valence-electron chi connectivity index (χ0n) is 12.6. The monoisotopic (exact) mass is 281 g/mol. The average molecular weight is 281 g/mol. The van der Waals surface area contributed by atoms with Gasteiger partial charge < -0.3 is 5.32 Å². The summed E-state index contributed by atoms with van der Waals surface area (Å²) in [5, 5.41) is 4.37. The predicted molar refractivity (Wildman–Crippen MR) is 82.8 cm³/mol. The molecule has 0 unspecified atom stereocenters. The van der Waals surface area contributed by atoms with Crippen LogP contribution >= 0.6 is 11.5 Å². The number of anilines is 1. The van der Waals surface area contributed by atoms with Gasteiger partial charge in [0.05, 0.1) is 0 Å². The molecule has 0 aromatic carbocycles. The molecule has 0 aliphatic heterocycles. The second-order valence-corrected chi connectivity index (χ2v) is 7.34. The number of nitrogens with one attached hydrogen (secondary N) is 1. The van der Waals surface area contributed by atoms with Crippen LogP contribution in [0.4, 0.5) is 5.13 Å². The van der Waals surface area contributed by atoms with Gasteiger partial charge in [-0.1, -0.05) is 27.7 Å². The van der Waals surface area contributed by atoms with Gasteiger partial charge >= 0.3 is 0 Å². The Morgan fingerprint density at radius 3 is 2.42 bits per heavy atom. The molecule has 0 atom stereocenters. The molecule has 108 valence electrons. The van der Waals surface area contributed by atoms with Crippen molar-refractivity contribution in [2.45, 2.75) is 59.3 Å². The molecule has 1 aromatic rings. The Hall–Kier alpha value is -0.640. The van der Waals surface area contributed by atoms with Gasteiger partial charge in [0.2, 0.25) is 5.13 Å². The molecule has 1 aromatic heterocycles. The molecule has 1 aliphatic rings. The van der Waals surface area contributed by atoms with E-state index in [1.807, 2.05) is 0 Å². The molecule has 1 saturated carbocycles. The van der Waals surface area contributed by atoms with E-state index in [0.29, 0.717) is 11.8 Å². The summed E-state index contributed by atoms with van der Waals surface area (Å²) in [5.74, 6) is 4.06. The van der Waals surface area contributed by atoms with E-state index in [1.54, 1.807) is 0 Å². The minimum Gasteiger partial charge on any atom is -0.360 e. The Balaban J connectivity index is 1.86. The first-order chi connectivity index (χ1) is 9.06. The standard InChI is InChI=1S/C15H27N3S/c1-10(2)9-16-15-17-14(18-19-15)13-7-5-12(6-8-13)11(3)4/h10-13H,5-9H2,1-4H3,(H,16,17,18). The molecule has 4 heteroatoms. The topological polar surface area (TPSA) is 37.8 Å². The van der Waals surface area contributed by atoms with Crippen LogP contribution in [-0.4, -0.2) is 15.9 Å². The number of rotatable bonds is 5. The van der Waals surface area contributed by atoms with Crippen LogP contribution < -0.4 is 5.32 Å². The van der Waals surface area contributed by atoms with Crippen LogP contribution in [0.1, 0.15) is 65.1 Å². The molecule has 19 heavy (non-hydrogen) atoms. The summed E-state index contributed by atoms with van der Waals surface area (Å²) in [6.07, 6.45) is 5.22. The second-order valence-electron chi connectivity index (χ2n) is 6.59. The molecular weight excluding hydrogens is 254 g/mol. The zero-order valence-corrected chi connectivity index (χ0v) is 13.5. The summed E-state index contributed by atoms with van der Waals surface area (Å²) in [5.41, 5.74) is 0. The van der Waals surface area contributed by atoms with Crippen LogP contribution in [-0.2, 0) is 0 Å². The van der Waals surface area contributed by atoms with Crippen LogP contribution in [0.5, 0.6) is 0 Å². The lowest BCUT2D eigenvalue weighted by Crippen LogP contribution is -2.18. The van der Waals surface area contributed by atoms with Gasteiger partial charge in [0, 0.05) is 24.0 Å². The molecule has 1 fully saturated rings. The summed E-state index contributed by atoms with van der Waals surface area (Å²) in [7, 11) is 0. The van der Waals surface area contributed by atoms with Gasteiger partial charge in [-0.2, -0.15) is 4.37 Å². The number of hydrogen-bond acceptors (Lipinski definition) is 4. The first kappa shape index (κ1) is 14.8. The molecule has 1 aliphatic carbocycles. The van der Waals surface area contributed by atoms with Crippen molar-refractivity contribution in [1.29, 1.82) is 0 Å². The number of nitrogens with zero attached hydrogens (tertiary/aromatic N) is 2. The van der Waals surface area contributed by atoms with E-state index in [1.165, 1.54) is 37.2 Å². The van der Waals surface area contributed by atoms with E-state index < -0.39 is 0 Å². The lowest BCUT2D eigenvalue weighted by molar-refractivity contribution is 0.255. The Morgan fingerprint density at radius 1 is 1.16 bits per heavy atom. The van der Waals surface area contributed by atoms with E-state index >= 15 is 0 Å². The third-order valence-electron chi connectivity index (χ3n) is 4.18. The van der Waals surface area contributed by atoms with E-state index in [9.17, 15) is 0 Å². The van der Waals surface area contributed by atoms with Crippen molar-refractivity contribution < 1.29 is 0 Å². The van der Waals surface area contributed by atoms with Gasteiger partial charge in [-0.05, 0) is 43.4 Å². The third-order valence-corrected chi connectivity index (χ3v) is 4.87.